The molecule has 0 radical (unpaired) electrons. The van der Waals surface area contributed by atoms with Crippen LogP contribution < -0.4 is 15.2 Å². The molecule has 0 amide bonds. The molecule has 2 rings (SSSR count). The van der Waals surface area contributed by atoms with E-state index in [1.807, 2.05) is 0 Å². The van der Waals surface area contributed by atoms with Gasteiger partial charge in [0.15, 0.2) is 0 Å². The van der Waals surface area contributed by atoms with Gasteiger partial charge in [0.1, 0.15) is 17.6 Å². The third kappa shape index (κ3) is 4.51. The summed E-state index contributed by atoms with van der Waals surface area (Å²) >= 11 is 0. The molecule has 1 unspecified atom stereocenters. The molecule has 5 nitrogen and oxygen atoms in total. The fourth-order valence-electron chi connectivity index (χ4n) is 1.62. The lowest BCUT2D eigenvalue weighted by molar-refractivity contribution is -0.274. The Morgan fingerprint density at radius 3 is 2.57 bits per heavy atom. The maximum Gasteiger partial charge on any atom is 0.573 e. The van der Waals surface area contributed by atoms with E-state index in [1.165, 1.54) is 24.4 Å². The van der Waals surface area contributed by atoms with Crippen LogP contribution in [-0.2, 0) is 0 Å². The predicted molar refractivity (Wildman–Crippen MR) is 68.6 cm³/mol. The Bertz CT molecular complexity index is 620. The normalized spacial score (nSPS) is 12.8. The van der Waals surface area contributed by atoms with Gasteiger partial charge in [-0.15, -0.1) is 13.2 Å². The fraction of sp³-hybridized carbons (Fsp3) is 0.231. The highest BCUT2D eigenvalue weighted by molar-refractivity contribution is 5.33. The molecule has 1 aromatic heterocycles. The molecule has 0 spiro atoms. The number of nitrogens with zero attached hydrogens (tertiary/aromatic N) is 2. The van der Waals surface area contributed by atoms with Crippen molar-refractivity contribution < 1.29 is 22.6 Å². The first-order valence-corrected chi connectivity index (χ1v) is 5.94. The van der Waals surface area contributed by atoms with Crippen LogP contribution in [0.4, 0.5) is 19.1 Å². The summed E-state index contributed by atoms with van der Waals surface area (Å²) in [7, 11) is 0. The molecule has 0 aliphatic heterocycles. The first-order chi connectivity index (χ1) is 9.83. The number of hydrogen-bond acceptors (Lipinski definition) is 5. The summed E-state index contributed by atoms with van der Waals surface area (Å²) in [5.41, 5.74) is 5.98. The van der Waals surface area contributed by atoms with E-state index in [9.17, 15) is 13.2 Å². The van der Waals surface area contributed by atoms with Crippen molar-refractivity contribution in [3.8, 4) is 11.5 Å². The molecule has 0 fully saturated rings. The van der Waals surface area contributed by atoms with Crippen LogP contribution >= 0.6 is 0 Å². The number of rotatable bonds is 4. The molecule has 2 aromatic rings. The van der Waals surface area contributed by atoms with Gasteiger partial charge in [-0.1, -0.05) is 6.07 Å². The third-order valence-electron chi connectivity index (χ3n) is 2.46. The van der Waals surface area contributed by atoms with Crippen LogP contribution in [0.1, 0.15) is 18.7 Å². The molecule has 0 saturated carbocycles. The van der Waals surface area contributed by atoms with Gasteiger partial charge in [0, 0.05) is 12.3 Å². The number of aromatic nitrogens is 2. The molecular formula is C13H12F3N3O2. The van der Waals surface area contributed by atoms with E-state index in [2.05, 4.69) is 14.7 Å². The molecular weight excluding hydrogens is 287 g/mol. The SMILES string of the molecule is CC(Oc1cccc(OC(F)(F)F)c1)c1ccnc(N)n1. The van der Waals surface area contributed by atoms with Gasteiger partial charge in [-0.2, -0.15) is 0 Å². The van der Waals surface area contributed by atoms with E-state index >= 15 is 0 Å². The lowest BCUT2D eigenvalue weighted by Crippen LogP contribution is -2.17. The summed E-state index contributed by atoms with van der Waals surface area (Å²) in [6.45, 7) is 1.69. The average molecular weight is 299 g/mol. The number of nitrogen functional groups attached to an aromatic ring is 1. The minimum atomic E-state index is -4.74. The number of anilines is 1. The molecule has 112 valence electrons. The predicted octanol–water partition coefficient (Wildman–Crippen LogP) is 3.10. The van der Waals surface area contributed by atoms with Crippen molar-refractivity contribution >= 4 is 5.95 Å². The largest absolute Gasteiger partial charge is 0.573 e. The highest BCUT2D eigenvalue weighted by Gasteiger charge is 2.31. The smallest absolute Gasteiger partial charge is 0.484 e. The Morgan fingerprint density at radius 2 is 1.90 bits per heavy atom. The number of alkyl halides is 3. The van der Waals surface area contributed by atoms with Crippen LogP contribution in [0, 0.1) is 0 Å². The van der Waals surface area contributed by atoms with E-state index < -0.39 is 12.5 Å². The van der Waals surface area contributed by atoms with Gasteiger partial charge < -0.3 is 15.2 Å². The van der Waals surface area contributed by atoms with Crippen LogP contribution in [0.25, 0.3) is 0 Å². The quantitative estimate of drug-likeness (QED) is 0.939. The summed E-state index contributed by atoms with van der Waals surface area (Å²) < 4.78 is 45.8. The molecule has 0 aliphatic carbocycles. The zero-order valence-corrected chi connectivity index (χ0v) is 11.0. The molecule has 2 N–H and O–H groups in total. The Hall–Kier alpha value is -2.51. The van der Waals surface area contributed by atoms with E-state index in [4.69, 9.17) is 10.5 Å². The standard InChI is InChI=1S/C13H12F3N3O2/c1-8(11-5-6-18-12(17)19-11)20-9-3-2-4-10(7-9)21-13(14,15)16/h2-8H,1H3,(H2,17,18,19). The molecule has 0 bridgehead atoms. The Balaban J connectivity index is 2.11. The van der Waals surface area contributed by atoms with E-state index in [1.54, 1.807) is 13.0 Å². The first kappa shape index (κ1) is 14.9. The van der Waals surface area contributed by atoms with E-state index in [0.717, 1.165) is 6.07 Å². The summed E-state index contributed by atoms with van der Waals surface area (Å²) in [4.78, 5) is 7.73. The topological polar surface area (TPSA) is 70.3 Å². The summed E-state index contributed by atoms with van der Waals surface area (Å²) in [6, 6.07) is 6.86. The number of halogens is 3. The van der Waals surface area contributed by atoms with Crippen LogP contribution in [0.3, 0.4) is 0 Å². The number of benzene rings is 1. The summed E-state index contributed by atoms with van der Waals surface area (Å²) in [5, 5.41) is 0. The van der Waals surface area contributed by atoms with Gasteiger partial charge in [-0.3, -0.25) is 0 Å². The number of ether oxygens (including phenoxy) is 2. The molecule has 1 aromatic carbocycles. The second kappa shape index (κ2) is 5.86. The second-order valence-corrected chi connectivity index (χ2v) is 4.12. The van der Waals surface area contributed by atoms with Gasteiger partial charge in [-0.25, -0.2) is 9.97 Å². The van der Waals surface area contributed by atoms with Crippen molar-refractivity contribution in [3.05, 3.63) is 42.2 Å². The van der Waals surface area contributed by atoms with Gasteiger partial charge in [-0.05, 0) is 25.1 Å². The van der Waals surface area contributed by atoms with Crippen LogP contribution in [0.2, 0.25) is 0 Å². The summed E-state index contributed by atoms with van der Waals surface area (Å²) in [5.74, 6) is -0.0343. The van der Waals surface area contributed by atoms with Gasteiger partial charge in [0.2, 0.25) is 5.95 Å². The Kier molecular flexibility index (Phi) is 4.15. The number of nitrogens with two attached hydrogens (primary N) is 1. The minimum Gasteiger partial charge on any atom is -0.484 e. The first-order valence-electron chi connectivity index (χ1n) is 5.94. The Labute approximate surface area is 118 Å². The van der Waals surface area contributed by atoms with Crippen molar-refractivity contribution in [2.75, 3.05) is 5.73 Å². The molecule has 0 aliphatic rings. The van der Waals surface area contributed by atoms with Crippen molar-refractivity contribution in [2.45, 2.75) is 19.4 Å². The lowest BCUT2D eigenvalue weighted by Gasteiger charge is -2.15. The summed E-state index contributed by atoms with van der Waals surface area (Å²) in [6.07, 6.45) is -3.78. The van der Waals surface area contributed by atoms with Crippen LogP contribution in [0.5, 0.6) is 11.5 Å². The fourth-order valence-corrected chi connectivity index (χ4v) is 1.62. The van der Waals surface area contributed by atoms with E-state index in [0.29, 0.717) is 5.69 Å². The van der Waals surface area contributed by atoms with Crippen LogP contribution in [-0.4, -0.2) is 16.3 Å². The lowest BCUT2D eigenvalue weighted by atomic mass is 10.2. The van der Waals surface area contributed by atoms with E-state index in [-0.39, 0.29) is 17.4 Å². The monoisotopic (exact) mass is 299 g/mol. The highest BCUT2D eigenvalue weighted by atomic mass is 19.4. The van der Waals surface area contributed by atoms with Crippen molar-refractivity contribution in [1.29, 1.82) is 0 Å². The van der Waals surface area contributed by atoms with Crippen molar-refractivity contribution in [1.82, 2.24) is 9.97 Å². The molecule has 8 heteroatoms. The van der Waals surface area contributed by atoms with Crippen molar-refractivity contribution in [3.63, 3.8) is 0 Å². The highest BCUT2D eigenvalue weighted by Crippen LogP contribution is 2.28. The zero-order chi connectivity index (χ0) is 15.5. The molecule has 1 heterocycles. The maximum atomic E-state index is 12.2. The van der Waals surface area contributed by atoms with Gasteiger partial charge in [0.25, 0.3) is 0 Å². The molecule has 1 atom stereocenters. The Morgan fingerprint density at radius 1 is 1.19 bits per heavy atom. The third-order valence-corrected chi connectivity index (χ3v) is 2.46. The second-order valence-electron chi connectivity index (χ2n) is 4.12. The van der Waals surface area contributed by atoms with Gasteiger partial charge >= 0.3 is 6.36 Å². The number of hydrogen-bond donors (Lipinski definition) is 1. The molecule has 21 heavy (non-hydrogen) atoms. The average Bonchev–Trinajstić information content (AvgIpc) is 2.37. The van der Waals surface area contributed by atoms with Crippen molar-refractivity contribution in [2.24, 2.45) is 0 Å². The minimum absolute atomic E-state index is 0.0945. The van der Waals surface area contributed by atoms with Gasteiger partial charge in [0.05, 0.1) is 5.69 Å². The zero-order valence-electron chi connectivity index (χ0n) is 11.0. The maximum absolute atomic E-state index is 12.2. The van der Waals surface area contributed by atoms with Crippen LogP contribution in [0.15, 0.2) is 36.5 Å². The molecule has 0 saturated heterocycles.